The Labute approximate surface area is 234 Å². The molecule has 4 aliphatic rings. The first-order valence-corrected chi connectivity index (χ1v) is 14.3. The molecular weight excluding hydrogens is 520 g/mol. The highest BCUT2D eigenvalue weighted by Gasteiger charge is 2.61. The van der Waals surface area contributed by atoms with Gasteiger partial charge in [-0.25, -0.2) is 4.90 Å². The number of carbonyl (C=O) groups excluding carboxylic acids is 3. The largest absolute Gasteiger partial charge is 0.425 e. The number of anilines is 1. The second-order valence-electron chi connectivity index (χ2n) is 10.8. The number of thiophene rings is 1. The van der Waals surface area contributed by atoms with Crippen LogP contribution in [0.4, 0.5) is 5.00 Å². The number of imide groups is 1. The Kier molecular flexibility index (Phi) is 4.95. The second-order valence-corrected chi connectivity index (χ2v) is 11.9. The lowest BCUT2D eigenvalue weighted by Crippen LogP contribution is -2.42. The zero-order valence-electron chi connectivity index (χ0n) is 21.3. The summed E-state index contributed by atoms with van der Waals surface area (Å²) in [5, 5.41) is 12.4. The summed E-state index contributed by atoms with van der Waals surface area (Å²) in [5.41, 5.74) is 3.81. The average Bonchev–Trinajstić information content (AvgIpc) is 3.64. The third-order valence-electron chi connectivity index (χ3n) is 8.88. The van der Waals surface area contributed by atoms with Crippen molar-refractivity contribution < 1.29 is 19.1 Å². The van der Waals surface area contributed by atoms with E-state index >= 15 is 0 Å². The minimum absolute atomic E-state index is 0.355. The fraction of sp³-hybridized carbons (Fsp3) is 0.212. The molecule has 1 aromatic heterocycles. The number of benzene rings is 3. The molecule has 6 nitrogen and oxygen atoms in total. The molecule has 4 aromatic rings. The van der Waals surface area contributed by atoms with Crippen LogP contribution in [-0.2, 0) is 27.2 Å². The van der Waals surface area contributed by atoms with Gasteiger partial charge in [-0.05, 0) is 52.8 Å². The van der Waals surface area contributed by atoms with Gasteiger partial charge in [-0.2, -0.15) is 5.26 Å². The van der Waals surface area contributed by atoms with Crippen LogP contribution in [0.2, 0.25) is 0 Å². The number of nitrogens with zero attached hydrogens (tertiary/aromatic N) is 2. The molecule has 0 bridgehead atoms. The van der Waals surface area contributed by atoms with Crippen LogP contribution in [0.5, 0.6) is 5.75 Å². The summed E-state index contributed by atoms with van der Waals surface area (Å²) < 4.78 is 5.87. The molecule has 4 atom stereocenters. The predicted molar refractivity (Wildman–Crippen MR) is 151 cm³/mol. The van der Waals surface area contributed by atoms with Gasteiger partial charge in [0.15, 0.2) is 0 Å². The highest BCUT2D eigenvalue weighted by molar-refractivity contribution is 7.17. The molecule has 3 heterocycles. The van der Waals surface area contributed by atoms with Crippen LogP contribution in [0, 0.1) is 29.1 Å². The molecule has 3 aromatic carbocycles. The minimum Gasteiger partial charge on any atom is -0.425 e. The highest BCUT2D eigenvalue weighted by atomic mass is 32.1. The van der Waals surface area contributed by atoms with Gasteiger partial charge in [0.25, 0.3) is 0 Å². The van der Waals surface area contributed by atoms with E-state index in [0.29, 0.717) is 16.3 Å². The van der Waals surface area contributed by atoms with Crippen molar-refractivity contribution in [2.24, 2.45) is 17.8 Å². The number of carbonyl (C=O) groups is 3. The highest BCUT2D eigenvalue weighted by Crippen LogP contribution is 2.56. The molecular formula is C33H22N2O4S. The van der Waals surface area contributed by atoms with Crippen molar-refractivity contribution in [2.75, 3.05) is 4.90 Å². The zero-order valence-corrected chi connectivity index (χ0v) is 22.1. The van der Waals surface area contributed by atoms with Gasteiger partial charge in [0.05, 0.1) is 23.3 Å². The second kappa shape index (κ2) is 8.48. The standard InChI is InChI=1S/C33H22N2O4S/c34-16-23-20-11-6-12-25(20)40-32(23)35-30(36)27-21(17-7-2-1-3-8-17)15-22-26-19-10-5-4-9-18(19)13-14-24(26)39-33(38)28(22)29(27)31(35)37/h1-5,7-10,13-15,21,27-29H,6,11-12H2/t21-,27-,28-,29+/m1/s1. The van der Waals surface area contributed by atoms with Gasteiger partial charge < -0.3 is 4.74 Å². The summed E-state index contributed by atoms with van der Waals surface area (Å²) in [6.45, 7) is 0. The molecule has 194 valence electrons. The number of ether oxygens (including phenoxy) is 1. The molecule has 1 fully saturated rings. The first-order valence-electron chi connectivity index (χ1n) is 13.5. The molecule has 2 aliphatic carbocycles. The first kappa shape index (κ1) is 23.4. The Hall–Kier alpha value is -4.54. The smallest absolute Gasteiger partial charge is 0.319 e. The Balaban J connectivity index is 1.36. The number of rotatable bonds is 2. The number of amides is 2. The number of fused-ring (bicyclic) bond motifs is 8. The minimum atomic E-state index is -0.930. The topological polar surface area (TPSA) is 87.5 Å². The summed E-state index contributed by atoms with van der Waals surface area (Å²) in [4.78, 5) is 44.6. The van der Waals surface area contributed by atoms with Crippen molar-refractivity contribution in [3.05, 3.63) is 99.9 Å². The monoisotopic (exact) mass is 542 g/mol. The van der Waals surface area contributed by atoms with Crippen molar-refractivity contribution in [2.45, 2.75) is 25.2 Å². The van der Waals surface area contributed by atoms with Crippen molar-refractivity contribution in [3.8, 4) is 11.8 Å². The van der Waals surface area contributed by atoms with Crippen LogP contribution >= 0.6 is 11.3 Å². The third-order valence-corrected chi connectivity index (χ3v) is 10.2. The Morgan fingerprint density at radius 1 is 0.900 bits per heavy atom. The van der Waals surface area contributed by atoms with E-state index in [1.165, 1.54) is 16.2 Å². The predicted octanol–water partition coefficient (Wildman–Crippen LogP) is 5.78. The first-order chi connectivity index (χ1) is 19.6. The summed E-state index contributed by atoms with van der Waals surface area (Å²) >= 11 is 1.37. The van der Waals surface area contributed by atoms with E-state index < -0.39 is 35.5 Å². The molecule has 0 spiro atoms. The zero-order chi connectivity index (χ0) is 27.1. The van der Waals surface area contributed by atoms with Crippen LogP contribution < -0.4 is 9.64 Å². The average molecular weight is 543 g/mol. The molecule has 40 heavy (non-hydrogen) atoms. The summed E-state index contributed by atoms with van der Waals surface area (Å²) in [6.07, 6.45) is 4.60. The van der Waals surface area contributed by atoms with E-state index in [9.17, 15) is 19.6 Å². The van der Waals surface area contributed by atoms with Gasteiger partial charge in [0.1, 0.15) is 16.8 Å². The van der Waals surface area contributed by atoms with Crippen molar-refractivity contribution in [1.29, 1.82) is 5.26 Å². The van der Waals surface area contributed by atoms with Gasteiger partial charge in [-0.1, -0.05) is 66.7 Å². The molecule has 0 unspecified atom stereocenters. The van der Waals surface area contributed by atoms with E-state index in [1.807, 2.05) is 66.7 Å². The fourth-order valence-electron chi connectivity index (χ4n) is 7.20. The van der Waals surface area contributed by atoms with Gasteiger partial charge in [0.2, 0.25) is 11.8 Å². The van der Waals surface area contributed by atoms with Gasteiger partial charge in [0, 0.05) is 16.4 Å². The number of hydrogen-bond donors (Lipinski definition) is 0. The maximum absolute atomic E-state index is 14.4. The Morgan fingerprint density at radius 2 is 1.68 bits per heavy atom. The van der Waals surface area contributed by atoms with E-state index in [2.05, 4.69) is 6.07 Å². The lowest BCUT2D eigenvalue weighted by molar-refractivity contribution is -0.142. The molecule has 2 amide bonds. The van der Waals surface area contributed by atoms with Crippen LogP contribution in [0.1, 0.15) is 39.5 Å². The van der Waals surface area contributed by atoms with Crippen LogP contribution in [-0.4, -0.2) is 17.8 Å². The van der Waals surface area contributed by atoms with E-state index in [0.717, 1.165) is 57.2 Å². The number of allylic oxidation sites excluding steroid dienone is 1. The number of hydrogen-bond acceptors (Lipinski definition) is 6. The maximum Gasteiger partial charge on any atom is 0.319 e. The summed E-state index contributed by atoms with van der Waals surface area (Å²) in [7, 11) is 0. The Morgan fingerprint density at radius 3 is 2.50 bits per heavy atom. The lowest BCUT2D eigenvalue weighted by Gasteiger charge is -2.38. The summed E-state index contributed by atoms with van der Waals surface area (Å²) in [5.74, 6) is -3.89. The molecule has 0 radical (unpaired) electrons. The van der Waals surface area contributed by atoms with Gasteiger partial charge >= 0.3 is 5.97 Å². The van der Waals surface area contributed by atoms with Gasteiger partial charge in [-0.3, -0.25) is 14.4 Å². The van der Waals surface area contributed by atoms with Crippen LogP contribution in [0.25, 0.3) is 16.3 Å². The SMILES string of the molecule is N#Cc1c(N2C(=O)[C@@H]3[C@@H]4C(=O)Oc5ccc6ccccc6c5C4=C[C@H](c4ccccc4)[C@H]3C2=O)sc2c1CCC2. The number of esters is 1. The Bertz CT molecular complexity index is 1860. The molecule has 1 saturated heterocycles. The van der Waals surface area contributed by atoms with Crippen molar-refractivity contribution >= 4 is 50.5 Å². The number of aryl methyl sites for hydroxylation is 1. The normalized spacial score (nSPS) is 24.6. The van der Waals surface area contributed by atoms with Crippen LogP contribution in [0.3, 0.4) is 0 Å². The van der Waals surface area contributed by atoms with Crippen LogP contribution in [0.15, 0.2) is 72.8 Å². The van der Waals surface area contributed by atoms with E-state index in [-0.39, 0.29) is 5.91 Å². The lowest BCUT2D eigenvalue weighted by atomic mass is 9.64. The molecule has 8 rings (SSSR count). The quantitative estimate of drug-likeness (QED) is 0.182. The van der Waals surface area contributed by atoms with Crippen molar-refractivity contribution in [1.82, 2.24) is 0 Å². The summed E-state index contributed by atoms with van der Waals surface area (Å²) in [6, 6.07) is 23.6. The third kappa shape index (κ3) is 3.05. The molecule has 7 heteroatoms. The maximum atomic E-state index is 14.4. The molecule has 2 aliphatic heterocycles. The van der Waals surface area contributed by atoms with Crippen molar-refractivity contribution in [3.63, 3.8) is 0 Å². The van der Waals surface area contributed by atoms with Gasteiger partial charge in [-0.15, -0.1) is 11.3 Å². The number of nitriles is 1. The van der Waals surface area contributed by atoms with E-state index in [1.54, 1.807) is 6.07 Å². The van der Waals surface area contributed by atoms with E-state index in [4.69, 9.17) is 4.74 Å². The molecule has 0 saturated carbocycles. The fourth-order valence-corrected chi connectivity index (χ4v) is 8.54. The molecule has 0 N–H and O–H groups in total.